The lowest BCUT2D eigenvalue weighted by atomic mass is 9.97. The molecule has 0 spiro atoms. The van der Waals surface area contributed by atoms with E-state index < -0.39 is 54.1 Å². The van der Waals surface area contributed by atoms with Crippen LogP contribution in [0.15, 0.2) is 42.5 Å². The van der Waals surface area contributed by atoms with Crippen LogP contribution in [-0.2, 0) is 39.8 Å². The van der Waals surface area contributed by atoms with Crippen molar-refractivity contribution < 1.29 is 42.1 Å². The molecule has 3 heterocycles. The molecule has 218 valence electrons. The molecule has 2 aliphatic heterocycles. The Morgan fingerprint density at radius 3 is 2.22 bits per heavy atom. The Kier molecular flexibility index (Phi) is 8.37. The van der Waals surface area contributed by atoms with Crippen molar-refractivity contribution in [1.82, 2.24) is 9.88 Å². The summed E-state index contributed by atoms with van der Waals surface area (Å²) in [5.74, 6) is -2.93. The molecule has 0 amide bonds. The van der Waals surface area contributed by atoms with E-state index in [1.54, 1.807) is 22.8 Å². The highest BCUT2D eigenvalue weighted by Gasteiger charge is 2.49. The Labute approximate surface area is 235 Å². The summed E-state index contributed by atoms with van der Waals surface area (Å²) in [5, 5.41) is 4.24. The molecule has 2 saturated heterocycles. The summed E-state index contributed by atoms with van der Waals surface area (Å²) < 4.78 is 53.4. The molecule has 2 fully saturated rings. The summed E-state index contributed by atoms with van der Waals surface area (Å²) in [6.45, 7) is 4.28. The number of esters is 3. The van der Waals surface area contributed by atoms with E-state index in [1.807, 2.05) is 0 Å². The number of fused-ring (bicyclic) bond motifs is 1. The van der Waals surface area contributed by atoms with Gasteiger partial charge in [0.15, 0.2) is 24.5 Å². The van der Waals surface area contributed by atoms with Crippen LogP contribution >= 0.6 is 0 Å². The van der Waals surface area contributed by atoms with Crippen LogP contribution in [0.2, 0.25) is 0 Å². The molecule has 0 saturated carbocycles. The second kappa shape index (κ2) is 12.0. The van der Waals surface area contributed by atoms with E-state index in [4.69, 9.17) is 18.9 Å². The third-order valence-corrected chi connectivity index (χ3v) is 7.38. The maximum Gasteiger partial charge on any atom is 0.303 e. The van der Waals surface area contributed by atoms with Gasteiger partial charge in [-0.05, 0) is 79.4 Å². The fraction of sp³-hybridized carbons (Fsp3) is 0.433. The monoisotopic (exact) mass is 570 g/mol. The maximum absolute atomic E-state index is 14.8. The number of hydrogen-bond donors (Lipinski definition) is 1. The van der Waals surface area contributed by atoms with Gasteiger partial charge in [-0.25, -0.2) is 8.78 Å². The minimum Gasteiger partial charge on any atom is -0.456 e. The van der Waals surface area contributed by atoms with Crippen LogP contribution in [0.1, 0.15) is 45.4 Å². The molecular weight excluding hydrogens is 538 g/mol. The summed E-state index contributed by atoms with van der Waals surface area (Å²) in [7, 11) is 0. The molecule has 2 aromatic carbocycles. The van der Waals surface area contributed by atoms with Crippen molar-refractivity contribution in [3.8, 4) is 11.3 Å². The zero-order valence-electron chi connectivity index (χ0n) is 23.0. The first kappa shape index (κ1) is 28.7. The second-order valence-electron chi connectivity index (χ2n) is 10.4. The Bertz CT molecular complexity index is 1450. The molecule has 0 radical (unpaired) electrons. The molecule has 3 aromatic rings. The van der Waals surface area contributed by atoms with Crippen LogP contribution in [0.5, 0.6) is 0 Å². The zero-order chi connectivity index (χ0) is 29.3. The van der Waals surface area contributed by atoms with Crippen LogP contribution in [0.3, 0.4) is 0 Å². The molecule has 5 atom stereocenters. The third kappa shape index (κ3) is 6.11. The number of aromatic nitrogens is 1. The lowest BCUT2D eigenvalue weighted by Crippen LogP contribution is -2.55. The largest absolute Gasteiger partial charge is 0.456 e. The van der Waals surface area contributed by atoms with Crippen LogP contribution in [-0.4, -0.2) is 60.0 Å². The number of carbonyl (C=O) groups is 3. The average Bonchev–Trinajstić information content (AvgIpc) is 3.52. The molecule has 0 bridgehead atoms. The minimum atomic E-state index is -1.27. The Morgan fingerprint density at radius 1 is 0.927 bits per heavy atom. The smallest absolute Gasteiger partial charge is 0.303 e. The van der Waals surface area contributed by atoms with Gasteiger partial charge in [-0.15, -0.1) is 0 Å². The van der Waals surface area contributed by atoms with Crippen molar-refractivity contribution in [3.05, 3.63) is 59.7 Å². The Hall–Kier alpha value is -3.83. The highest BCUT2D eigenvalue weighted by molar-refractivity contribution is 5.92. The lowest BCUT2D eigenvalue weighted by Gasteiger charge is -2.41. The van der Waals surface area contributed by atoms with Crippen LogP contribution in [0.25, 0.3) is 22.2 Å². The topological polar surface area (TPSA) is 105 Å². The quantitative estimate of drug-likeness (QED) is 0.333. The molecule has 41 heavy (non-hydrogen) atoms. The molecule has 1 N–H and O–H groups in total. The fourth-order valence-corrected chi connectivity index (χ4v) is 5.87. The number of rotatable bonds is 7. The molecule has 2 aliphatic rings. The molecular formula is C30H32F2N2O7. The van der Waals surface area contributed by atoms with E-state index in [0.29, 0.717) is 23.2 Å². The van der Waals surface area contributed by atoms with Crippen molar-refractivity contribution in [2.45, 2.75) is 70.6 Å². The van der Waals surface area contributed by atoms with Crippen molar-refractivity contribution in [3.63, 3.8) is 0 Å². The first-order chi connectivity index (χ1) is 19.6. The highest BCUT2D eigenvalue weighted by atomic mass is 19.1. The number of benzene rings is 2. The summed E-state index contributed by atoms with van der Waals surface area (Å²) in [6.07, 6.45) is -2.11. The van der Waals surface area contributed by atoms with Gasteiger partial charge in [-0.3, -0.25) is 14.4 Å². The molecule has 0 unspecified atom stereocenters. The van der Waals surface area contributed by atoms with E-state index >= 15 is 0 Å². The van der Waals surface area contributed by atoms with Gasteiger partial charge in [0.25, 0.3) is 0 Å². The van der Waals surface area contributed by atoms with Gasteiger partial charge in [-0.1, -0.05) is 0 Å². The molecule has 11 heteroatoms. The summed E-state index contributed by atoms with van der Waals surface area (Å²) in [5.41, 5.74) is 2.58. The minimum absolute atomic E-state index is 0.164. The van der Waals surface area contributed by atoms with E-state index in [-0.39, 0.29) is 12.6 Å². The van der Waals surface area contributed by atoms with Gasteiger partial charge in [0, 0.05) is 32.2 Å². The number of ether oxygens (including phenoxy) is 4. The van der Waals surface area contributed by atoms with Gasteiger partial charge in [0.2, 0.25) is 0 Å². The van der Waals surface area contributed by atoms with E-state index in [2.05, 4.69) is 5.32 Å². The first-order valence-corrected chi connectivity index (χ1v) is 13.6. The van der Waals surface area contributed by atoms with Gasteiger partial charge < -0.3 is 28.8 Å². The highest BCUT2D eigenvalue weighted by Crippen LogP contribution is 2.42. The van der Waals surface area contributed by atoms with Gasteiger partial charge in [0.05, 0.1) is 17.8 Å². The standard InChI is InChI=1S/C30H32F2N2O7/c1-16(35)39-26-15-38-30(29(41-18(3)37)28(26)40-17(2)36)34-25-13-21(32)10-11-23(25)24(14-22-5-4-12-33-22)27(34)19-6-8-20(31)9-7-19/h6-11,13,22,26,28-30,33H,4-5,12,14-15H2,1-3H3/t22-,26+,28-,29+,30+/m0/s1. The number of halogens is 2. The second-order valence-corrected chi connectivity index (χ2v) is 10.4. The normalized spacial score (nSPS) is 24.3. The average molecular weight is 571 g/mol. The van der Waals surface area contributed by atoms with Gasteiger partial charge in [0.1, 0.15) is 11.6 Å². The number of carbonyl (C=O) groups excluding carboxylic acids is 3. The zero-order valence-corrected chi connectivity index (χ0v) is 23.0. The molecule has 9 nitrogen and oxygen atoms in total. The lowest BCUT2D eigenvalue weighted by molar-refractivity contribution is -0.238. The Balaban J connectivity index is 1.75. The molecule has 5 rings (SSSR count). The maximum atomic E-state index is 14.8. The first-order valence-electron chi connectivity index (χ1n) is 13.6. The number of nitrogens with one attached hydrogen (secondary N) is 1. The van der Waals surface area contributed by atoms with Gasteiger partial charge in [-0.2, -0.15) is 0 Å². The van der Waals surface area contributed by atoms with Gasteiger partial charge >= 0.3 is 17.9 Å². The predicted molar refractivity (Wildman–Crippen MR) is 144 cm³/mol. The van der Waals surface area contributed by atoms with Crippen LogP contribution < -0.4 is 5.32 Å². The fourth-order valence-electron chi connectivity index (χ4n) is 5.87. The number of nitrogens with zero attached hydrogens (tertiary/aromatic N) is 1. The summed E-state index contributed by atoms with van der Waals surface area (Å²) >= 11 is 0. The van der Waals surface area contributed by atoms with Crippen LogP contribution in [0, 0.1) is 11.6 Å². The third-order valence-electron chi connectivity index (χ3n) is 7.38. The SMILES string of the molecule is CC(=O)O[C@@H]1[C@@H](OC(C)=O)[C@H](OC(C)=O)CO[C@H]1n1c(-c2ccc(F)cc2)c(C[C@@H]2CCCN2)c2ccc(F)cc21. The molecule has 0 aliphatic carbocycles. The summed E-state index contributed by atoms with van der Waals surface area (Å²) in [4.78, 5) is 36.4. The van der Waals surface area contributed by atoms with Crippen molar-refractivity contribution in [1.29, 1.82) is 0 Å². The summed E-state index contributed by atoms with van der Waals surface area (Å²) in [6, 6.07) is 10.5. The Morgan fingerprint density at radius 2 is 1.59 bits per heavy atom. The van der Waals surface area contributed by atoms with Crippen LogP contribution in [0.4, 0.5) is 8.78 Å². The van der Waals surface area contributed by atoms with Crippen molar-refractivity contribution in [2.24, 2.45) is 0 Å². The van der Waals surface area contributed by atoms with Crippen molar-refractivity contribution >= 4 is 28.8 Å². The van der Waals surface area contributed by atoms with Crippen molar-refractivity contribution in [2.75, 3.05) is 13.2 Å². The van der Waals surface area contributed by atoms with E-state index in [9.17, 15) is 23.2 Å². The van der Waals surface area contributed by atoms with E-state index in [1.165, 1.54) is 45.0 Å². The number of hydrogen-bond acceptors (Lipinski definition) is 8. The predicted octanol–water partition coefficient (Wildman–Crippen LogP) is 4.20. The molecule has 1 aromatic heterocycles. The van der Waals surface area contributed by atoms with E-state index in [0.717, 1.165) is 30.3 Å².